The Kier molecular flexibility index (Phi) is 4.47. The molecule has 0 saturated carbocycles. The van der Waals surface area contributed by atoms with Gasteiger partial charge >= 0.3 is 0 Å². The highest BCUT2D eigenvalue weighted by molar-refractivity contribution is 9.10. The normalized spacial score (nSPS) is 13.2. The van der Waals surface area contributed by atoms with E-state index >= 15 is 0 Å². The van der Waals surface area contributed by atoms with Gasteiger partial charge in [0, 0.05) is 19.2 Å². The molecule has 0 bridgehead atoms. The second-order valence-electron chi connectivity index (χ2n) is 3.28. The van der Waals surface area contributed by atoms with Gasteiger partial charge in [-0.1, -0.05) is 0 Å². The van der Waals surface area contributed by atoms with Crippen LogP contribution >= 0.6 is 27.7 Å². The van der Waals surface area contributed by atoms with Crippen molar-refractivity contribution >= 4 is 27.7 Å². The van der Waals surface area contributed by atoms with E-state index in [1.54, 1.807) is 11.8 Å². The molecule has 80 valence electrons. The number of nitrogens with zero attached hydrogens (tertiary/aromatic N) is 2. The van der Waals surface area contributed by atoms with Crippen molar-refractivity contribution in [2.45, 2.75) is 19.4 Å². The molecule has 0 aromatic carbocycles. The molecule has 1 atom stereocenters. The van der Waals surface area contributed by atoms with E-state index in [-0.39, 0.29) is 6.10 Å². The van der Waals surface area contributed by atoms with Crippen LogP contribution in [-0.4, -0.2) is 33.0 Å². The number of hydrogen-bond acceptors (Lipinski definition) is 3. The molecule has 0 radical (unpaired) electrons. The maximum absolute atomic E-state index is 9.68. The fourth-order valence-electron chi connectivity index (χ4n) is 1.38. The quantitative estimate of drug-likeness (QED) is 0.912. The van der Waals surface area contributed by atoms with Crippen molar-refractivity contribution in [2.75, 3.05) is 12.0 Å². The topological polar surface area (TPSA) is 38.1 Å². The first-order valence-corrected chi connectivity index (χ1v) is 6.60. The molecule has 1 N–H and O–H groups in total. The van der Waals surface area contributed by atoms with Crippen molar-refractivity contribution in [3.63, 3.8) is 0 Å². The lowest BCUT2D eigenvalue weighted by atomic mass is 10.2. The fourth-order valence-corrected chi connectivity index (χ4v) is 2.38. The van der Waals surface area contributed by atoms with Crippen LogP contribution in [0.15, 0.2) is 4.47 Å². The van der Waals surface area contributed by atoms with Crippen molar-refractivity contribution in [3.05, 3.63) is 15.9 Å². The summed E-state index contributed by atoms with van der Waals surface area (Å²) in [6.07, 6.45) is 2.35. The Morgan fingerprint density at radius 3 is 2.71 bits per heavy atom. The molecule has 1 heterocycles. The van der Waals surface area contributed by atoms with Crippen molar-refractivity contribution in [1.29, 1.82) is 0 Å². The molecule has 5 heteroatoms. The van der Waals surface area contributed by atoms with E-state index in [0.29, 0.717) is 6.42 Å². The first-order valence-electron chi connectivity index (χ1n) is 4.41. The third-order valence-corrected chi connectivity index (χ3v) is 3.80. The van der Waals surface area contributed by atoms with Crippen LogP contribution < -0.4 is 0 Å². The molecular weight excluding hydrogens is 264 g/mol. The number of thioether (sulfide) groups is 1. The van der Waals surface area contributed by atoms with E-state index < -0.39 is 0 Å². The smallest absolute Gasteiger partial charge is 0.0738 e. The number of aryl methyl sites for hydroxylation is 2. The zero-order valence-electron chi connectivity index (χ0n) is 8.62. The minimum atomic E-state index is -0.295. The molecule has 0 spiro atoms. The number of aliphatic hydroxyl groups is 1. The van der Waals surface area contributed by atoms with Crippen LogP contribution in [0.2, 0.25) is 0 Å². The fraction of sp³-hybridized carbons (Fsp3) is 0.667. The summed E-state index contributed by atoms with van der Waals surface area (Å²) in [5.41, 5.74) is 2.03. The van der Waals surface area contributed by atoms with Gasteiger partial charge in [-0.25, -0.2) is 0 Å². The zero-order chi connectivity index (χ0) is 10.7. The van der Waals surface area contributed by atoms with E-state index in [2.05, 4.69) is 21.0 Å². The number of aromatic nitrogens is 2. The molecule has 1 unspecified atom stereocenters. The largest absolute Gasteiger partial charge is 0.392 e. The molecule has 3 nitrogen and oxygen atoms in total. The highest BCUT2D eigenvalue weighted by atomic mass is 79.9. The predicted molar refractivity (Wildman–Crippen MR) is 63.7 cm³/mol. The van der Waals surface area contributed by atoms with Crippen LogP contribution in [0.3, 0.4) is 0 Å². The van der Waals surface area contributed by atoms with Crippen LogP contribution in [0.5, 0.6) is 0 Å². The maximum Gasteiger partial charge on any atom is 0.0738 e. The van der Waals surface area contributed by atoms with Crippen LogP contribution in [-0.2, 0) is 13.5 Å². The lowest BCUT2D eigenvalue weighted by Gasteiger charge is -2.09. The summed E-state index contributed by atoms with van der Waals surface area (Å²) in [7, 11) is 1.90. The van der Waals surface area contributed by atoms with Crippen LogP contribution in [0, 0.1) is 6.92 Å². The van der Waals surface area contributed by atoms with Crippen molar-refractivity contribution in [2.24, 2.45) is 7.05 Å². The predicted octanol–water partition coefficient (Wildman–Crippen LogP) is 1.76. The summed E-state index contributed by atoms with van der Waals surface area (Å²) >= 11 is 5.13. The minimum Gasteiger partial charge on any atom is -0.392 e. The Morgan fingerprint density at radius 2 is 2.29 bits per heavy atom. The summed E-state index contributed by atoms with van der Waals surface area (Å²) in [6.45, 7) is 1.95. The first kappa shape index (κ1) is 12.1. The van der Waals surface area contributed by atoms with E-state index in [0.717, 1.165) is 21.6 Å². The maximum atomic E-state index is 9.68. The third kappa shape index (κ3) is 2.74. The monoisotopic (exact) mass is 278 g/mol. The summed E-state index contributed by atoms with van der Waals surface area (Å²) < 4.78 is 2.84. The summed E-state index contributed by atoms with van der Waals surface area (Å²) in [6, 6.07) is 0. The van der Waals surface area contributed by atoms with Gasteiger partial charge < -0.3 is 5.11 Å². The highest BCUT2D eigenvalue weighted by Crippen LogP contribution is 2.21. The van der Waals surface area contributed by atoms with Gasteiger partial charge in [-0.3, -0.25) is 4.68 Å². The minimum absolute atomic E-state index is 0.295. The van der Waals surface area contributed by atoms with Gasteiger partial charge in [0.05, 0.1) is 22.0 Å². The molecule has 14 heavy (non-hydrogen) atoms. The average Bonchev–Trinajstić information content (AvgIpc) is 2.33. The highest BCUT2D eigenvalue weighted by Gasteiger charge is 2.14. The molecule has 1 aromatic heterocycles. The molecule has 0 amide bonds. The molecular formula is C9H15BrN2OS. The standard InChI is InChI=1S/C9H15BrN2OS/c1-6-9(10)8(12(2)11-6)4-7(13)5-14-3/h7,13H,4-5H2,1-3H3. The molecule has 0 aliphatic rings. The van der Waals surface area contributed by atoms with Crippen molar-refractivity contribution < 1.29 is 5.11 Å². The number of hydrogen-bond donors (Lipinski definition) is 1. The molecule has 0 fully saturated rings. The van der Waals surface area contributed by atoms with Gasteiger partial charge in [-0.2, -0.15) is 16.9 Å². The molecule has 1 aromatic rings. The Labute approximate surface area is 97.0 Å². The third-order valence-electron chi connectivity index (χ3n) is 2.05. The van der Waals surface area contributed by atoms with Gasteiger partial charge in [-0.05, 0) is 29.1 Å². The lowest BCUT2D eigenvalue weighted by molar-refractivity contribution is 0.197. The van der Waals surface area contributed by atoms with Crippen LogP contribution in [0.25, 0.3) is 0 Å². The van der Waals surface area contributed by atoms with E-state index in [1.807, 2.05) is 24.9 Å². The van der Waals surface area contributed by atoms with Gasteiger partial charge in [0.1, 0.15) is 0 Å². The summed E-state index contributed by atoms with van der Waals surface area (Å²) in [4.78, 5) is 0. The number of rotatable bonds is 4. The van der Waals surface area contributed by atoms with Gasteiger partial charge in [0.25, 0.3) is 0 Å². The van der Waals surface area contributed by atoms with E-state index in [9.17, 15) is 5.11 Å². The van der Waals surface area contributed by atoms with Crippen LogP contribution in [0.1, 0.15) is 11.4 Å². The van der Waals surface area contributed by atoms with Gasteiger partial charge in [-0.15, -0.1) is 0 Å². The average molecular weight is 279 g/mol. The second-order valence-corrected chi connectivity index (χ2v) is 4.99. The Hall–Kier alpha value is 0. The van der Waals surface area contributed by atoms with Crippen molar-refractivity contribution in [3.8, 4) is 0 Å². The molecule has 0 saturated heterocycles. The number of halogens is 1. The Bertz CT molecular complexity index is 314. The summed E-state index contributed by atoms with van der Waals surface area (Å²) in [5, 5.41) is 14.0. The Balaban J connectivity index is 2.75. The Morgan fingerprint density at radius 1 is 1.64 bits per heavy atom. The SMILES string of the molecule is CSCC(O)Cc1c(Br)c(C)nn1C. The first-order chi connectivity index (χ1) is 6.56. The molecule has 1 rings (SSSR count). The molecule has 0 aliphatic heterocycles. The second kappa shape index (κ2) is 5.19. The van der Waals surface area contributed by atoms with Crippen molar-refractivity contribution in [1.82, 2.24) is 9.78 Å². The lowest BCUT2D eigenvalue weighted by Crippen LogP contribution is -2.16. The van der Waals surface area contributed by atoms with Crippen LogP contribution in [0.4, 0.5) is 0 Å². The molecule has 0 aliphatic carbocycles. The van der Waals surface area contributed by atoms with Gasteiger partial charge in [0.15, 0.2) is 0 Å². The summed E-state index contributed by atoms with van der Waals surface area (Å²) in [5.74, 6) is 0.761. The zero-order valence-corrected chi connectivity index (χ0v) is 11.0. The van der Waals surface area contributed by atoms with E-state index in [1.165, 1.54) is 0 Å². The van der Waals surface area contributed by atoms with Gasteiger partial charge in [0.2, 0.25) is 0 Å². The van der Waals surface area contributed by atoms with E-state index in [4.69, 9.17) is 0 Å². The number of aliphatic hydroxyl groups excluding tert-OH is 1.